The van der Waals surface area contributed by atoms with Gasteiger partial charge in [0.1, 0.15) is 6.54 Å². The van der Waals surface area contributed by atoms with E-state index in [0.29, 0.717) is 0 Å². The van der Waals surface area contributed by atoms with Gasteiger partial charge in [0.15, 0.2) is 0 Å². The van der Waals surface area contributed by atoms with E-state index in [1.165, 1.54) is 6.20 Å². The molecule has 1 amide bonds. The quantitative estimate of drug-likeness (QED) is 0.439. The molecular weight excluding hydrogens is 230 g/mol. The lowest BCUT2D eigenvalue weighted by molar-refractivity contribution is -0.123. The Morgan fingerprint density at radius 3 is 2.59 bits per heavy atom. The summed E-state index contributed by atoms with van der Waals surface area (Å²) in [5.74, 6) is -0.549. The third-order valence-corrected chi connectivity index (χ3v) is 2.02. The molecule has 1 aromatic heterocycles. The average Bonchev–Trinajstić information content (AvgIpc) is 2.29. The average molecular weight is 243 g/mol. The Morgan fingerprint density at radius 2 is 2.06 bits per heavy atom. The standard InChI is InChI=1S/C9H13N3O5/c13-4-6(5-14)10-8(16)3-12-2-1-7(15)11-9(12)17/h1-2,6,13-14H,3-5H2,(H,10,16)(H,11,15,17). The van der Waals surface area contributed by atoms with Crippen LogP contribution in [-0.2, 0) is 11.3 Å². The summed E-state index contributed by atoms with van der Waals surface area (Å²) in [7, 11) is 0. The van der Waals surface area contributed by atoms with Crippen molar-refractivity contribution >= 4 is 5.91 Å². The lowest BCUT2D eigenvalue weighted by Crippen LogP contribution is -2.43. The number of aromatic nitrogens is 2. The molecule has 0 fully saturated rings. The Bertz CT molecular complexity index is 488. The van der Waals surface area contributed by atoms with Crippen molar-refractivity contribution in [3.63, 3.8) is 0 Å². The van der Waals surface area contributed by atoms with Gasteiger partial charge in [-0.2, -0.15) is 0 Å². The molecule has 4 N–H and O–H groups in total. The van der Waals surface area contributed by atoms with Gasteiger partial charge in [0.25, 0.3) is 5.56 Å². The van der Waals surface area contributed by atoms with E-state index in [1.54, 1.807) is 0 Å². The first-order valence-electron chi connectivity index (χ1n) is 4.87. The second kappa shape index (κ2) is 5.97. The van der Waals surface area contributed by atoms with Crippen LogP contribution >= 0.6 is 0 Å². The monoisotopic (exact) mass is 243 g/mol. The summed E-state index contributed by atoms with van der Waals surface area (Å²) in [5, 5.41) is 19.8. The number of aromatic amines is 1. The number of aliphatic hydroxyl groups is 2. The number of nitrogens with zero attached hydrogens (tertiary/aromatic N) is 1. The van der Waals surface area contributed by atoms with Crippen LogP contribution in [0.1, 0.15) is 0 Å². The first-order chi connectivity index (χ1) is 8.06. The zero-order valence-electron chi connectivity index (χ0n) is 8.92. The Labute approximate surface area is 95.5 Å². The van der Waals surface area contributed by atoms with E-state index in [4.69, 9.17) is 10.2 Å². The van der Waals surface area contributed by atoms with Gasteiger partial charge in [0.05, 0.1) is 19.3 Å². The molecule has 0 aliphatic carbocycles. The molecule has 1 aromatic rings. The summed E-state index contributed by atoms with van der Waals surface area (Å²) in [4.78, 5) is 35.4. The summed E-state index contributed by atoms with van der Waals surface area (Å²) in [6.45, 7) is -1.10. The maximum atomic E-state index is 11.4. The van der Waals surface area contributed by atoms with Crippen molar-refractivity contribution in [1.29, 1.82) is 0 Å². The van der Waals surface area contributed by atoms with Crippen LogP contribution in [0.2, 0.25) is 0 Å². The maximum Gasteiger partial charge on any atom is 0.328 e. The predicted octanol–water partition coefficient (Wildman–Crippen LogP) is -2.99. The number of nitrogens with one attached hydrogen (secondary N) is 2. The maximum absolute atomic E-state index is 11.4. The summed E-state index contributed by atoms with van der Waals surface area (Å²) in [6, 6.07) is 0.352. The molecule has 0 aromatic carbocycles. The highest BCUT2D eigenvalue weighted by Crippen LogP contribution is 1.83. The summed E-state index contributed by atoms with van der Waals surface area (Å²) >= 11 is 0. The first kappa shape index (κ1) is 13.1. The fourth-order valence-corrected chi connectivity index (χ4v) is 1.15. The molecule has 1 heterocycles. The van der Waals surface area contributed by atoms with Crippen molar-refractivity contribution in [3.05, 3.63) is 33.1 Å². The Kier molecular flexibility index (Phi) is 4.61. The number of carbonyl (C=O) groups excluding carboxylic acids is 1. The van der Waals surface area contributed by atoms with Crippen LogP contribution in [0.3, 0.4) is 0 Å². The van der Waals surface area contributed by atoms with Gasteiger partial charge in [-0.05, 0) is 0 Å². The molecule has 94 valence electrons. The van der Waals surface area contributed by atoms with Crippen molar-refractivity contribution in [2.24, 2.45) is 0 Å². The van der Waals surface area contributed by atoms with Gasteiger partial charge < -0.3 is 15.5 Å². The van der Waals surface area contributed by atoms with Crippen molar-refractivity contribution < 1.29 is 15.0 Å². The number of rotatable bonds is 5. The van der Waals surface area contributed by atoms with E-state index in [1.807, 2.05) is 4.98 Å². The smallest absolute Gasteiger partial charge is 0.328 e. The molecule has 0 aliphatic heterocycles. The molecule has 1 rings (SSSR count). The fraction of sp³-hybridized carbons (Fsp3) is 0.444. The third-order valence-electron chi connectivity index (χ3n) is 2.02. The molecule has 0 bridgehead atoms. The molecular formula is C9H13N3O5. The fourth-order valence-electron chi connectivity index (χ4n) is 1.15. The normalized spacial score (nSPS) is 10.5. The van der Waals surface area contributed by atoms with Gasteiger partial charge in [-0.1, -0.05) is 0 Å². The Balaban J connectivity index is 2.68. The van der Waals surface area contributed by atoms with E-state index < -0.39 is 36.4 Å². The molecule has 8 heteroatoms. The minimum Gasteiger partial charge on any atom is -0.394 e. The minimum atomic E-state index is -0.763. The van der Waals surface area contributed by atoms with Crippen LogP contribution in [0.25, 0.3) is 0 Å². The van der Waals surface area contributed by atoms with E-state index in [2.05, 4.69) is 5.32 Å². The number of aliphatic hydroxyl groups excluding tert-OH is 2. The number of H-pyrrole nitrogens is 1. The van der Waals surface area contributed by atoms with Crippen molar-refractivity contribution in [3.8, 4) is 0 Å². The van der Waals surface area contributed by atoms with Gasteiger partial charge in [0, 0.05) is 12.3 Å². The molecule has 0 spiro atoms. The molecule has 0 aliphatic rings. The lowest BCUT2D eigenvalue weighted by Gasteiger charge is -2.13. The Morgan fingerprint density at radius 1 is 1.41 bits per heavy atom. The molecule has 0 saturated heterocycles. The highest BCUT2D eigenvalue weighted by molar-refractivity contribution is 5.76. The summed E-state index contributed by atoms with van der Waals surface area (Å²) in [5.41, 5.74) is -1.24. The largest absolute Gasteiger partial charge is 0.394 e. The number of amides is 1. The SMILES string of the molecule is O=C(Cn1ccc(=O)[nH]c1=O)NC(CO)CO. The van der Waals surface area contributed by atoms with Crippen LogP contribution in [0.15, 0.2) is 21.9 Å². The van der Waals surface area contributed by atoms with Gasteiger partial charge in [-0.25, -0.2) is 4.79 Å². The van der Waals surface area contributed by atoms with Crippen LogP contribution < -0.4 is 16.6 Å². The number of hydrogen-bond donors (Lipinski definition) is 4. The summed E-state index contributed by atoms with van der Waals surface area (Å²) < 4.78 is 1.00. The summed E-state index contributed by atoms with van der Waals surface area (Å²) in [6.07, 6.45) is 1.19. The van der Waals surface area contributed by atoms with E-state index in [0.717, 1.165) is 10.6 Å². The lowest BCUT2D eigenvalue weighted by atomic mass is 10.3. The zero-order chi connectivity index (χ0) is 12.8. The van der Waals surface area contributed by atoms with Crippen LogP contribution in [0.5, 0.6) is 0 Å². The predicted molar refractivity (Wildman–Crippen MR) is 57.4 cm³/mol. The van der Waals surface area contributed by atoms with Crippen molar-refractivity contribution in [2.45, 2.75) is 12.6 Å². The molecule has 0 unspecified atom stereocenters. The molecule has 0 saturated carbocycles. The molecule has 0 atom stereocenters. The van der Waals surface area contributed by atoms with E-state index >= 15 is 0 Å². The molecule has 17 heavy (non-hydrogen) atoms. The van der Waals surface area contributed by atoms with Crippen LogP contribution in [0, 0.1) is 0 Å². The highest BCUT2D eigenvalue weighted by atomic mass is 16.3. The second-order valence-electron chi connectivity index (χ2n) is 3.37. The van der Waals surface area contributed by atoms with E-state index in [-0.39, 0.29) is 6.54 Å². The zero-order valence-corrected chi connectivity index (χ0v) is 8.92. The van der Waals surface area contributed by atoms with Gasteiger partial charge in [-0.15, -0.1) is 0 Å². The molecule has 0 radical (unpaired) electrons. The first-order valence-corrected chi connectivity index (χ1v) is 4.87. The van der Waals surface area contributed by atoms with Gasteiger partial charge >= 0.3 is 5.69 Å². The van der Waals surface area contributed by atoms with Gasteiger partial charge in [0.2, 0.25) is 5.91 Å². The number of carbonyl (C=O) groups is 1. The van der Waals surface area contributed by atoms with Crippen LogP contribution in [-0.4, -0.2) is 44.9 Å². The van der Waals surface area contributed by atoms with E-state index in [9.17, 15) is 14.4 Å². The third kappa shape index (κ3) is 3.85. The highest BCUT2D eigenvalue weighted by Gasteiger charge is 2.10. The van der Waals surface area contributed by atoms with Crippen LogP contribution in [0.4, 0.5) is 0 Å². The number of hydrogen-bond acceptors (Lipinski definition) is 5. The molecule has 8 nitrogen and oxygen atoms in total. The Hall–Kier alpha value is -1.93. The second-order valence-corrected chi connectivity index (χ2v) is 3.37. The van der Waals surface area contributed by atoms with Gasteiger partial charge in [-0.3, -0.25) is 19.1 Å². The van der Waals surface area contributed by atoms with Crippen molar-refractivity contribution in [2.75, 3.05) is 13.2 Å². The van der Waals surface area contributed by atoms with Crippen molar-refractivity contribution in [1.82, 2.24) is 14.9 Å². The minimum absolute atomic E-state index is 0.299. The topological polar surface area (TPSA) is 124 Å².